The highest BCUT2D eigenvalue weighted by atomic mass is 32.1. The van der Waals surface area contributed by atoms with Crippen LogP contribution in [0.1, 0.15) is 57.8 Å². The fourth-order valence-corrected chi connectivity index (χ4v) is 5.90. The molecular formula is C32H35N5OS. The summed E-state index contributed by atoms with van der Waals surface area (Å²) < 4.78 is 2.33. The Morgan fingerprint density at radius 1 is 0.974 bits per heavy atom. The van der Waals surface area contributed by atoms with Gasteiger partial charge in [-0.05, 0) is 99.4 Å². The molecule has 39 heavy (non-hydrogen) atoms. The normalized spacial score (nSPS) is 16.8. The third-order valence-corrected chi connectivity index (χ3v) is 8.15. The van der Waals surface area contributed by atoms with Gasteiger partial charge < -0.3 is 20.1 Å². The molecule has 1 aliphatic heterocycles. The fraction of sp³-hybridized carbons (Fsp3) is 0.281. The summed E-state index contributed by atoms with van der Waals surface area (Å²) >= 11 is 5.86. The van der Waals surface area contributed by atoms with Gasteiger partial charge in [-0.3, -0.25) is 9.78 Å². The summed E-state index contributed by atoms with van der Waals surface area (Å²) in [7, 11) is 0. The maximum Gasteiger partial charge on any atom is 0.226 e. The number of aryl methyl sites for hydroxylation is 3. The molecule has 6 nitrogen and oxygen atoms in total. The third kappa shape index (κ3) is 5.19. The lowest BCUT2D eigenvalue weighted by molar-refractivity contribution is -0.116. The van der Waals surface area contributed by atoms with Gasteiger partial charge in [-0.25, -0.2) is 0 Å². The van der Waals surface area contributed by atoms with Crippen LogP contribution in [0.25, 0.3) is 5.69 Å². The molecule has 5 rings (SSSR count). The van der Waals surface area contributed by atoms with E-state index in [2.05, 4.69) is 77.0 Å². The minimum absolute atomic E-state index is 0.0343. The van der Waals surface area contributed by atoms with Crippen LogP contribution in [0.5, 0.6) is 0 Å². The SMILES string of the molecule is Cc1ccccc1NC(=O)CCN1C(=S)N[C@H](c2ccccn2)[C@@H]1c1cc(C)n(-c2cccc(C)c2C)c1C. The van der Waals surface area contributed by atoms with E-state index in [0.29, 0.717) is 18.1 Å². The second kappa shape index (κ2) is 11.0. The molecule has 1 fully saturated rings. The highest BCUT2D eigenvalue weighted by molar-refractivity contribution is 7.80. The molecule has 200 valence electrons. The number of benzene rings is 2. The summed E-state index contributed by atoms with van der Waals surface area (Å²) in [5, 5.41) is 7.21. The van der Waals surface area contributed by atoms with Crippen molar-refractivity contribution < 1.29 is 4.79 Å². The molecule has 2 aromatic heterocycles. The van der Waals surface area contributed by atoms with Gasteiger partial charge >= 0.3 is 0 Å². The van der Waals surface area contributed by atoms with Crippen molar-refractivity contribution in [3.63, 3.8) is 0 Å². The van der Waals surface area contributed by atoms with Crippen molar-refractivity contribution in [2.45, 2.75) is 53.1 Å². The van der Waals surface area contributed by atoms with Crippen LogP contribution < -0.4 is 10.6 Å². The molecule has 0 bridgehead atoms. The lowest BCUT2D eigenvalue weighted by Gasteiger charge is -2.28. The van der Waals surface area contributed by atoms with Crippen molar-refractivity contribution in [1.29, 1.82) is 0 Å². The fourth-order valence-electron chi connectivity index (χ4n) is 5.57. The molecule has 0 unspecified atom stereocenters. The number of para-hydroxylation sites is 1. The first-order valence-corrected chi connectivity index (χ1v) is 13.8. The zero-order valence-electron chi connectivity index (χ0n) is 23.2. The lowest BCUT2D eigenvalue weighted by Crippen LogP contribution is -2.33. The quantitative estimate of drug-likeness (QED) is 0.267. The number of rotatable bonds is 7. The summed E-state index contributed by atoms with van der Waals surface area (Å²) in [5.41, 5.74) is 10.0. The smallest absolute Gasteiger partial charge is 0.226 e. The Kier molecular flexibility index (Phi) is 7.53. The van der Waals surface area contributed by atoms with Gasteiger partial charge in [0.25, 0.3) is 0 Å². The van der Waals surface area contributed by atoms with E-state index in [9.17, 15) is 4.79 Å². The average molecular weight is 538 g/mol. The molecule has 1 saturated heterocycles. The Morgan fingerprint density at radius 2 is 1.72 bits per heavy atom. The molecular weight excluding hydrogens is 502 g/mol. The van der Waals surface area contributed by atoms with Gasteiger partial charge in [0.05, 0.1) is 17.8 Å². The number of carbonyl (C=O) groups excluding carboxylic acids is 1. The number of anilines is 1. The first kappa shape index (κ1) is 26.6. The van der Waals surface area contributed by atoms with E-state index in [1.54, 1.807) is 0 Å². The number of nitrogens with one attached hydrogen (secondary N) is 2. The number of pyridine rings is 1. The van der Waals surface area contributed by atoms with Crippen molar-refractivity contribution in [2.75, 3.05) is 11.9 Å². The van der Waals surface area contributed by atoms with E-state index < -0.39 is 0 Å². The zero-order valence-corrected chi connectivity index (χ0v) is 24.0. The maximum absolute atomic E-state index is 13.0. The maximum atomic E-state index is 13.0. The summed E-state index contributed by atoms with van der Waals surface area (Å²) in [6.45, 7) is 11.1. The predicted octanol–water partition coefficient (Wildman–Crippen LogP) is 6.42. The van der Waals surface area contributed by atoms with E-state index in [4.69, 9.17) is 12.2 Å². The number of aromatic nitrogens is 2. The van der Waals surface area contributed by atoms with E-state index in [1.165, 1.54) is 22.4 Å². The van der Waals surface area contributed by atoms with Crippen LogP contribution in [0.15, 0.2) is 72.9 Å². The second-order valence-electron chi connectivity index (χ2n) is 10.3. The number of hydrogen-bond donors (Lipinski definition) is 2. The highest BCUT2D eigenvalue weighted by Crippen LogP contribution is 2.41. The molecule has 0 saturated carbocycles. The van der Waals surface area contributed by atoms with Crippen LogP contribution >= 0.6 is 12.2 Å². The Morgan fingerprint density at radius 3 is 2.46 bits per heavy atom. The molecule has 2 atom stereocenters. The number of hydrogen-bond acceptors (Lipinski definition) is 3. The largest absolute Gasteiger partial charge is 0.352 e. The topological polar surface area (TPSA) is 62.2 Å². The highest BCUT2D eigenvalue weighted by Gasteiger charge is 2.41. The average Bonchev–Trinajstić information content (AvgIpc) is 3.40. The molecule has 0 spiro atoms. The Bertz CT molecular complexity index is 1530. The van der Waals surface area contributed by atoms with Gasteiger partial charge in [0.15, 0.2) is 5.11 Å². The Hall–Kier alpha value is -3.97. The summed E-state index contributed by atoms with van der Waals surface area (Å²) in [6, 6.07) is 22.2. The first-order chi connectivity index (χ1) is 18.8. The number of nitrogens with zero attached hydrogens (tertiary/aromatic N) is 3. The van der Waals surface area contributed by atoms with Gasteiger partial charge in [-0.1, -0.05) is 36.4 Å². The van der Waals surface area contributed by atoms with E-state index >= 15 is 0 Å². The number of carbonyl (C=O) groups is 1. The molecule has 2 aromatic carbocycles. The summed E-state index contributed by atoms with van der Waals surface area (Å²) in [5.74, 6) is -0.0343. The minimum Gasteiger partial charge on any atom is -0.352 e. The van der Waals surface area contributed by atoms with Crippen LogP contribution in [0, 0.1) is 34.6 Å². The van der Waals surface area contributed by atoms with Crippen molar-refractivity contribution in [2.24, 2.45) is 0 Å². The number of thiocarbonyl (C=S) groups is 1. The van der Waals surface area contributed by atoms with Crippen LogP contribution in [0.2, 0.25) is 0 Å². The van der Waals surface area contributed by atoms with Crippen molar-refractivity contribution in [3.05, 3.63) is 112 Å². The zero-order chi connectivity index (χ0) is 27.7. The lowest BCUT2D eigenvalue weighted by atomic mass is 9.96. The molecule has 0 radical (unpaired) electrons. The molecule has 0 aliphatic carbocycles. The standard InChI is InChI=1S/C32H35N5OS/c1-20-12-10-15-28(23(20)4)37-22(3)19-25(24(37)5)31-30(27-14-8-9-17-33-27)35-32(39)36(31)18-16-29(38)34-26-13-7-6-11-21(26)2/h6-15,17,19,30-31H,16,18H2,1-5H3,(H,34,38)(H,35,39)/t30-,31+/m1/s1. The van der Waals surface area contributed by atoms with Crippen molar-refractivity contribution in [3.8, 4) is 5.69 Å². The van der Waals surface area contributed by atoms with Gasteiger partial charge in [0.1, 0.15) is 0 Å². The monoisotopic (exact) mass is 537 g/mol. The third-order valence-electron chi connectivity index (χ3n) is 7.80. The van der Waals surface area contributed by atoms with Crippen LogP contribution in [0.3, 0.4) is 0 Å². The van der Waals surface area contributed by atoms with Crippen molar-refractivity contribution >= 4 is 28.9 Å². The van der Waals surface area contributed by atoms with Crippen LogP contribution in [-0.4, -0.2) is 32.0 Å². The van der Waals surface area contributed by atoms with Gasteiger partial charge in [0.2, 0.25) is 5.91 Å². The molecule has 3 heterocycles. The van der Waals surface area contributed by atoms with E-state index in [0.717, 1.165) is 28.3 Å². The predicted molar refractivity (Wildman–Crippen MR) is 161 cm³/mol. The molecule has 4 aromatic rings. The molecule has 1 aliphatic rings. The first-order valence-electron chi connectivity index (χ1n) is 13.3. The Labute approximate surface area is 236 Å². The van der Waals surface area contributed by atoms with E-state index in [1.807, 2.05) is 55.6 Å². The molecule has 7 heteroatoms. The summed E-state index contributed by atoms with van der Waals surface area (Å²) in [4.78, 5) is 19.8. The van der Waals surface area contributed by atoms with Crippen LogP contribution in [-0.2, 0) is 4.79 Å². The van der Waals surface area contributed by atoms with Crippen molar-refractivity contribution in [1.82, 2.24) is 19.8 Å². The Balaban J connectivity index is 1.50. The van der Waals surface area contributed by atoms with Gasteiger partial charge in [-0.2, -0.15) is 0 Å². The minimum atomic E-state index is -0.134. The number of amides is 1. The van der Waals surface area contributed by atoms with E-state index in [-0.39, 0.29) is 18.0 Å². The molecule has 2 N–H and O–H groups in total. The summed E-state index contributed by atoms with van der Waals surface area (Å²) in [6.07, 6.45) is 2.13. The van der Waals surface area contributed by atoms with Crippen LogP contribution in [0.4, 0.5) is 5.69 Å². The van der Waals surface area contributed by atoms with Gasteiger partial charge in [0, 0.05) is 41.9 Å². The molecule has 1 amide bonds. The second-order valence-corrected chi connectivity index (χ2v) is 10.7. The van der Waals surface area contributed by atoms with Gasteiger partial charge in [-0.15, -0.1) is 0 Å².